The van der Waals surface area contributed by atoms with Crippen LogP contribution in [0.25, 0.3) is 10.7 Å². The molecule has 4 rings (SSSR count). The largest absolute Gasteiger partial charge is 0.437 e. The lowest BCUT2D eigenvalue weighted by molar-refractivity contribution is -0.116. The quantitative estimate of drug-likeness (QED) is 0.468. The molecule has 0 atom stereocenters. The van der Waals surface area contributed by atoms with Gasteiger partial charge in [0.05, 0.1) is 11.1 Å². The maximum absolute atomic E-state index is 12.5. The van der Waals surface area contributed by atoms with E-state index in [1.807, 2.05) is 17.5 Å². The number of H-pyrrole nitrogens is 1. The average molecular weight is 410 g/mol. The Morgan fingerprint density at radius 1 is 1.29 bits per heavy atom. The van der Waals surface area contributed by atoms with Gasteiger partial charge in [0.15, 0.2) is 10.6 Å². The van der Waals surface area contributed by atoms with Gasteiger partial charge in [-0.2, -0.15) is 5.10 Å². The summed E-state index contributed by atoms with van der Waals surface area (Å²) in [7, 11) is 0. The minimum Gasteiger partial charge on any atom is -0.437 e. The fourth-order valence-corrected chi connectivity index (χ4v) is 3.42. The van der Waals surface area contributed by atoms with Crippen LogP contribution < -0.4 is 10.1 Å². The van der Waals surface area contributed by atoms with Gasteiger partial charge in [0.2, 0.25) is 11.8 Å². The van der Waals surface area contributed by atoms with E-state index in [4.69, 9.17) is 17.0 Å². The maximum Gasteiger partial charge on any atom is 0.244 e. The number of aromatic nitrogens is 5. The summed E-state index contributed by atoms with van der Waals surface area (Å²) in [6.45, 7) is 0.0395. The number of rotatable bonds is 6. The van der Waals surface area contributed by atoms with Gasteiger partial charge in [0, 0.05) is 24.1 Å². The highest BCUT2D eigenvalue weighted by atomic mass is 32.1. The smallest absolute Gasteiger partial charge is 0.244 e. The van der Waals surface area contributed by atoms with Crippen LogP contribution in [0.15, 0.2) is 60.4 Å². The van der Waals surface area contributed by atoms with Crippen molar-refractivity contribution < 1.29 is 9.53 Å². The third-order valence-electron chi connectivity index (χ3n) is 3.68. The van der Waals surface area contributed by atoms with Crippen molar-refractivity contribution in [3.8, 4) is 22.3 Å². The van der Waals surface area contributed by atoms with E-state index in [9.17, 15) is 4.79 Å². The third kappa shape index (κ3) is 4.13. The SMILES string of the molecule is O=C(Cn1c(-c2cccs2)n[nH]c1=S)Nc1cccc(Oc2cnccn2)c1. The van der Waals surface area contributed by atoms with Crippen LogP contribution in [0.1, 0.15) is 0 Å². The van der Waals surface area contributed by atoms with E-state index < -0.39 is 0 Å². The van der Waals surface area contributed by atoms with Gasteiger partial charge in [-0.15, -0.1) is 11.3 Å². The first kappa shape index (κ1) is 18.0. The Bertz CT molecular complexity index is 1140. The molecular weight excluding hydrogens is 396 g/mol. The van der Waals surface area contributed by atoms with Crippen molar-refractivity contribution >= 4 is 35.1 Å². The van der Waals surface area contributed by atoms with Crippen LogP contribution in [0, 0.1) is 4.77 Å². The van der Waals surface area contributed by atoms with Crippen molar-refractivity contribution in [3.63, 3.8) is 0 Å². The molecule has 2 N–H and O–H groups in total. The van der Waals surface area contributed by atoms with E-state index in [-0.39, 0.29) is 12.5 Å². The Kier molecular flexibility index (Phi) is 5.22. The van der Waals surface area contributed by atoms with Crippen LogP contribution in [0.4, 0.5) is 5.69 Å². The highest BCUT2D eigenvalue weighted by molar-refractivity contribution is 7.71. The van der Waals surface area contributed by atoms with Crippen LogP contribution in [0.3, 0.4) is 0 Å². The lowest BCUT2D eigenvalue weighted by atomic mass is 10.3. The van der Waals surface area contributed by atoms with Crippen molar-refractivity contribution in [2.45, 2.75) is 6.54 Å². The number of benzene rings is 1. The number of hydrogen-bond donors (Lipinski definition) is 2. The molecule has 1 amide bonds. The summed E-state index contributed by atoms with van der Waals surface area (Å²) in [5.74, 6) is 1.32. The molecule has 8 nitrogen and oxygen atoms in total. The number of anilines is 1. The fourth-order valence-electron chi connectivity index (χ4n) is 2.50. The van der Waals surface area contributed by atoms with Gasteiger partial charge in [-0.1, -0.05) is 12.1 Å². The zero-order chi connectivity index (χ0) is 19.3. The van der Waals surface area contributed by atoms with E-state index in [1.54, 1.807) is 41.2 Å². The molecule has 0 radical (unpaired) electrons. The number of aromatic amines is 1. The minimum absolute atomic E-state index is 0.0395. The fraction of sp³-hybridized carbons (Fsp3) is 0.0556. The standard InChI is InChI=1S/C18H14N6O2S2/c25-15(11-24-17(22-23-18(24)27)14-5-2-8-28-14)21-12-3-1-4-13(9-12)26-16-10-19-6-7-20-16/h1-10H,11H2,(H,21,25)(H,23,27). The molecule has 1 aromatic carbocycles. The molecule has 28 heavy (non-hydrogen) atoms. The number of nitrogens with one attached hydrogen (secondary N) is 2. The van der Waals surface area contributed by atoms with E-state index in [2.05, 4.69) is 25.5 Å². The Morgan fingerprint density at radius 3 is 3.00 bits per heavy atom. The minimum atomic E-state index is -0.230. The van der Waals surface area contributed by atoms with Crippen LogP contribution >= 0.6 is 23.6 Å². The van der Waals surface area contributed by atoms with Crippen molar-refractivity contribution in [1.82, 2.24) is 24.7 Å². The number of ether oxygens (including phenoxy) is 1. The van der Waals surface area contributed by atoms with Crippen molar-refractivity contribution in [1.29, 1.82) is 0 Å². The average Bonchev–Trinajstić information content (AvgIpc) is 3.33. The Labute approximate surface area is 168 Å². The third-order valence-corrected chi connectivity index (χ3v) is 4.86. The summed E-state index contributed by atoms with van der Waals surface area (Å²) < 4.78 is 7.68. The molecule has 0 bridgehead atoms. The highest BCUT2D eigenvalue weighted by Gasteiger charge is 2.13. The van der Waals surface area contributed by atoms with Gasteiger partial charge >= 0.3 is 0 Å². The molecule has 0 aliphatic carbocycles. The van der Waals surface area contributed by atoms with Gasteiger partial charge in [-0.25, -0.2) is 4.98 Å². The molecule has 4 aromatic rings. The predicted molar refractivity (Wildman–Crippen MR) is 108 cm³/mol. The van der Waals surface area contributed by atoms with Crippen molar-refractivity contribution in [2.24, 2.45) is 0 Å². The number of hydrogen-bond acceptors (Lipinski definition) is 7. The van der Waals surface area contributed by atoms with E-state index in [0.29, 0.717) is 27.9 Å². The molecule has 3 aromatic heterocycles. The normalized spacial score (nSPS) is 10.6. The van der Waals surface area contributed by atoms with E-state index in [1.165, 1.54) is 17.5 Å². The zero-order valence-electron chi connectivity index (χ0n) is 14.4. The second-order valence-corrected chi connectivity index (χ2v) is 6.97. The highest BCUT2D eigenvalue weighted by Crippen LogP contribution is 2.24. The topological polar surface area (TPSA) is 97.7 Å². The molecule has 0 spiro atoms. The van der Waals surface area contributed by atoms with Gasteiger partial charge in [0.25, 0.3) is 0 Å². The van der Waals surface area contributed by atoms with Crippen molar-refractivity contribution in [3.05, 3.63) is 65.1 Å². The summed E-state index contributed by atoms with van der Waals surface area (Å²) in [4.78, 5) is 21.5. The molecule has 3 heterocycles. The zero-order valence-corrected chi connectivity index (χ0v) is 16.0. The lowest BCUT2D eigenvalue weighted by Crippen LogP contribution is -2.19. The lowest BCUT2D eigenvalue weighted by Gasteiger charge is -2.09. The van der Waals surface area contributed by atoms with Gasteiger partial charge in [-0.05, 0) is 35.8 Å². The first-order valence-electron chi connectivity index (χ1n) is 8.22. The Hall–Kier alpha value is -3.37. The summed E-state index contributed by atoms with van der Waals surface area (Å²) >= 11 is 6.79. The Morgan fingerprint density at radius 2 is 2.21 bits per heavy atom. The molecule has 0 unspecified atom stereocenters. The maximum atomic E-state index is 12.5. The van der Waals surface area contributed by atoms with E-state index in [0.717, 1.165) is 4.88 Å². The van der Waals surface area contributed by atoms with Crippen LogP contribution in [-0.2, 0) is 11.3 Å². The monoisotopic (exact) mass is 410 g/mol. The molecule has 10 heteroatoms. The number of thiophene rings is 1. The number of carbonyl (C=O) groups is 1. The molecule has 0 aliphatic rings. The van der Waals surface area contributed by atoms with Gasteiger partial charge < -0.3 is 10.1 Å². The first-order chi connectivity index (χ1) is 13.7. The van der Waals surface area contributed by atoms with Gasteiger partial charge in [0.1, 0.15) is 12.3 Å². The molecule has 0 saturated carbocycles. The molecule has 140 valence electrons. The second-order valence-electron chi connectivity index (χ2n) is 5.64. The molecule has 0 saturated heterocycles. The van der Waals surface area contributed by atoms with Crippen molar-refractivity contribution in [2.75, 3.05) is 5.32 Å². The number of carbonyl (C=O) groups excluding carboxylic acids is 1. The second kappa shape index (κ2) is 8.11. The molecule has 0 aliphatic heterocycles. The summed E-state index contributed by atoms with van der Waals surface area (Å²) in [6, 6.07) is 10.9. The molecule has 0 fully saturated rings. The predicted octanol–water partition coefficient (Wildman–Crippen LogP) is 3.89. The van der Waals surface area contributed by atoms with Crippen LogP contribution in [0.5, 0.6) is 11.6 Å². The number of nitrogens with zero attached hydrogens (tertiary/aromatic N) is 4. The van der Waals surface area contributed by atoms with Gasteiger partial charge in [-0.3, -0.25) is 19.4 Å². The summed E-state index contributed by atoms with van der Waals surface area (Å²) in [6.07, 6.45) is 4.62. The van der Waals surface area contributed by atoms with E-state index >= 15 is 0 Å². The summed E-state index contributed by atoms with van der Waals surface area (Å²) in [5.41, 5.74) is 0.596. The number of amides is 1. The molecular formula is C18H14N6O2S2. The van der Waals surface area contributed by atoms with Crippen LogP contribution in [-0.4, -0.2) is 30.6 Å². The summed E-state index contributed by atoms with van der Waals surface area (Å²) in [5, 5.41) is 11.8. The Balaban J connectivity index is 1.47. The first-order valence-corrected chi connectivity index (χ1v) is 9.51. The van der Waals surface area contributed by atoms with Crippen LogP contribution in [0.2, 0.25) is 0 Å².